The zero-order chi connectivity index (χ0) is 20.2. The Labute approximate surface area is 172 Å². The largest absolute Gasteiger partial charge is 0.493 e. The summed E-state index contributed by atoms with van der Waals surface area (Å²) in [5.41, 5.74) is 4.58. The van der Waals surface area contributed by atoms with Gasteiger partial charge in [-0.25, -0.2) is 4.98 Å². The van der Waals surface area contributed by atoms with E-state index in [0.717, 1.165) is 48.6 Å². The lowest BCUT2D eigenvalue weighted by atomic mass is 10.0. The Balaban J connectivity index is 1.61. The maximum absolute atomic E-state index is 5.86. The van der Waals surface area contributed by atoms with Gasteiger partial charge in [0, 0.05) is 29.4 Å². The molecule has 0 spiro atoms. The van der Waals surface area contributed by atoms with Gasteiger partial charge in [0.05, 0.1) is 19.8 Å². The predicted molar refractivity (Wildman–Crippen MR) is 117 cm³/mol. The van der Waals surface area contributed by atoms with Crippen molar-refractivity contribution in [3.8, 4) is 11.5 Å². The number of H-pyrrole nitrogens is 1. The minimum atomic E-state index is 0.379. The Kier molecular flexibility index (Phi) is 5.86. The first-order chi connectivity index (χ1) is 14.2. The Morgan fingerprint density at radius 3 is 3.00 bits per heavy atom. The summed E-state index contributed by atoms with van der Waals surface area (Å²) in [5, 5.41) is 1.17. The molecule has 1 aliphatic rings. The minimum absolute atomic E-state index is 0.379. The molecule has 0 bridgehead atoms. The molecule has 1 fully saturated rings. The van der Waals surface area contributed by atoms with Crippen molar-refractivity contribution in [1.29, 1.82) is 0 Å². The molecular weight excluding hydrogens is 362 g/mol. The van der Waals surface area contributed by atoms with E-state index in [1.165, 1.54) is 23.1 Å². The summed E-state index contributed by atoms with van der Waals surface area (Å²) < 4.78 is 11.5. The van der Waals surface area contributed by atoms with Crippen LogP contribution in [-0.4, -0.2) is 35.1 Å². The number of nitrogens with one attached hydrogen (secondary N) is 1. The number of aromatic nitrogens is 2. The van der Waals surface area contributed by atoms with Gasteiger partial charge in [-0.05, 0) is 62.6 Å². The highest BCUT2D eigenvalue weighted by atomic mass is 16.5. The molecule has 0 saturated carbocycles. The Hall–Kier alpha value is -2.79. The van der Waals surface area contributed by atoms with Crippen LogP contribution in [-0.2, 0) is 13.0 Å². The van der Waals surface area contributed by atoms with E-state index in [4.69, 9.17) is 9.47 Å². The van der Waals surface area contributed by atoms with Crippen LogP contribution in [0.2, 0.25) is 0 Å². The molecule has 1 aromatic carbocycles. The Morgan fingerprint density at radius 2 is 2.24 bits per heavy atom. The van der Waals surface area contributed by atoms with Crippen molar-refractivity contribution in [2.45, 2.75) is 38.8 Å². The quantitative estimate of drug-likeness (QED) is 0.547. The second kappa shape index (κ2) is 8.70. The summed E-state index contributed by atoms with van der Waals surface area (Å²) in [5.74, 6) is 1.63. The number of rotatable bonds is 8. The molecule has 0 amide bonds. The summed E-state index contributed by atoms with van der Waals surface area (Å²) in [6.45, 7) is 8.47. The first-order valence-corrected chi connectivity index (χ1v) is 10.3. The standard InChI is InChI=1S/C24H29N3O2/c1-4-8-18-13-17(14-22(28-3)23(18)29-5-2)16-27-12-7-10-21(27)20-15-19-9-6-11-25-24(19)26-20/h4,6,9,11,13-15,21H,1,5,7-8,10,12,16H2,2-3H3,(H,25,26)/t21-/m0/s1. The fraction of sp³-hybridized carbons (Fsp3) is 0.375. The second-order valence-corrected chi connectivity index (χ2v) is 7.51. The third kappa shape index (κ3) is 4.01. The smallest absolute Gasteiger partial charge is 0.164 e. The van der Waals surface area contributed by atoms with Crippen molar-refractivity contribution in [1.82, 2.24) is 14.9 Å². The van der Waals surface area contributed by atoms with E-state index < -0.39 is 0 Å². The van der Waals surface area contributed by atoms with Crippen LogP contribution in [0.5, 0.6) is 11.5 Å². The van der Waals surface area contributed by atoms with Crippen LogP contribution in [0.4, 0.5) is 0 Å². The fourth-order valence-electron chi connectivity index (χ4n) is 4.34. The van der Waals surface area contributed by atoms with E-state index in [1.54, 1.807) is 7.11 Å². The fourth-order valence-corrected chi connectivity index (χ4v) is 4.34. The molecule has 1 N–H and O–H groups in total. The number of fused-ring (bicyclic) bond motifs is 1. The van der Waals surface area contributed by atoms with E-state index in [0.29, 0.717) is 12.6 Å². The van der Waals surface area contributed by atoms with Gasteiger partial charge >= 0.3 is 0 Å². The number of likely N-dealkylation sites (tertiary alicyclic amines) is 1. The summed E-state index contributed by atoms with van der Waals surface area (Å²) >= 11 is 0. The third-order valence-corrected chi connectivity index (χ3v) is 5.59. The molecule has 0 radical (unpaired) electrons. The average Bonchev–Trinajstić information content (AvgIpc) is 3.36. The van der Waals surface area contributed by atoms with Crippen LogP contribution < -0.4 is 9.47 Å². The van der Waals surface area contributed by atoms with Crippen molar-refractivity contribution in [3.63, 3.8) is 0 Å². The van der Waals surface area contributed by atoms with Gasteiger partial charge in [-0.2, -0.15) is 0 Å². The number of allylic oxidation sites excluding steroid dienone is 1. The minimum Gasteiger partial charge on any atom is -0.493 e. The molecule has 1 saturated heterocycles. The van der Waals surface area contributed by atoms with Gasteiger partial charge in [0.2, 0.25) is 0 Å². The van der Waals surface area contributed by atoms with Gasteiger partial charge in [0.15, 0.2) is 11.5 Å². The Bertz CT molecular complexity index is 962. The maximum atomic E-state index is 5.86. The number of methoxy groups -OCH3 is 1. The first kappa shape index (κ1) is 19.5. The predicted octanol–water partition coefficient (Wildman–Crippen LogP) is 5.04. The van der Waals surface area contributed by atoms with Crippen LogP contribution in [0.25, 0.3) is 11.0 Å². The molecule has 29 heavy (non-hydrogen) atoms. The molecule has 1 atom stereocenters. The van der Waals surface area contributed by atoms with Crippen molar-refractivity contribution in [2.75, 3.05) is 20.3 Å². The number of ether oxygens (including phenoxy) is 2. The molecule has 2 aromatic heterocycles. The molecule has 0 aliphatic carbocycles. The molecule has 152 valence electrons. The van der Waals surface area contributed by atoms with E-state index in [1.807, 2.05) is 25.3 Å². The molecule has 0 unspecified atom stereocenters. The van der Waals surface area contributed by atoms with Crippen molar-refractivity contribution in [3.05, 3.63) is 66.0 Å². The van der Waals surface area contributed by atoms with Gasteiger partial charge < -0.3 is 14.5 Å². The number of hydrogen-bond donors (Lipinski definition) is 1. The average molecular weight is 392 g/mol. The van der Waals surface area contributed by atoms with Crippen molar-refractivity contribution < 1.29 is 9.47 Å². The van der Waals surface area contributed by atoms with Crippen molar-refractivity contribution in [2.24, 2.45) is 0 Å². The lowest BCUT2D eigenvalue weighted by Crippen LogP contribution is -2.23. The molecule has 4 rings (SSSR count). The number of benzene rings is 1. The lowest BCUT2D eigenvalue weighted by molar-refractivity contribution is 0.244. The third-order valence-electron chi connectivity index (χ3n) is 5.59. The zero-order valence-corrected chi connectivity index (χ0v) is 17.3. The van der Waals surface area contributed by atoms with Gasteiger partial charge in [-0.3, -0.25) is 4.90 Å². The summed E-state index contributed by atoms with van der Waals surface area (Å²) in [7, 11) is 1.70. The van der Waals surface area contributed by atoms with Gasteiger partial charge in [-0.15, -0.1) is 6.58 Å². The monoisotopic (exact) mass is 391 g/mol. The summed E-state index contributed by atoms with van der Waals surface area (Å²) in [6.07, 6.45) is 6.86. The highest BCUT2D eigenvalue weighted by Gasteiger charge is 2.28. The molecular formula is C24H29N3O2. The van der Waals surface area contributed by atoms with Crippen LogP contribution in [0, 0.1) is 0 Å². The molecule has 5 heteroatoms. The van der Waals surface area contributed by atoms with Gasteiger partial charge in [0.1, 0.15) is 5.65 Å². The van der Waals surface area contributed by atoms with Crippen LogP contribution >= 0.6 is 0 Å². The number of nitrogens with zero attached hydrogens (tertiary/aromatic N) is 2. The molecule has 5 nitrogen and oxygen atoms in total. The lowest BCUT2D eigenvalue weighted by Gasteiger charge is -2.25. The summed E-state index contributed by atoms with van der Waals surface area (Å²) in [4.78, 5) is 10.5. The van der Waals surface area contributed by atoms with Gasteiger partial charge in [0.25, 0.3) is 0 Å². The molecule has 3 aromatic rings. The van der Waals surface area contributed by atoms with Crippen LogP contribution in [0.1, 0.15) is 42.6 Å². The normalized spacial score (nSPS) is 17.0. The van der Waals surface area contributed by atoms with Gasteiger partial charge in [-0.1, -0.05) is 12.1 Å². The first-order valence-electron chi connectivity index (χ1n) is 10.3. The highest BCUT2D eigenvalue weighted by molar-refractivity contribution is 5.76. The number of hydrogen-bond acceptors (Lipinski definition) is 4. The second-order valence-electron chi connectivity index (χ2n) is 7.51. The van der Waals surface area contributed by atoms with E-state index >= 15 is 0 Å². The van der Waals surface area contributed by atoms with Crippen LogP contribution in [0.15, 0.2) is 49.2 Å². The summed E-state index contributed by atoms with van der Waals surface area (Å²) in [6, 6.07) is 11.1. The topological polar surface area (TPSA) is 50.4 Å². The number of pyridine rings is 1. The van der Waals surface area contributed by atoms with E-state index in [9.17, 15) is 0 Å². The van der Waals surface area contributed by atoms with E-state index in [2.05, 4.69) is 45.7 Å². The Morgan fingerprint density at radius 1 is 1.34 bits per heavy atom. The highest BCUT2D eigenvalue weighted by Crippen LogP contribution is 2.37. The molecule has 1 aliphatic heterocycles. The van der Waals surface area contributed by atoms with Crippen LogP contribution in [0.3, 0.4) is 0 Å². The SMILES string of the molecule is C=CCc1cc(CN2CCC[C@H]2c2cc3cccnc3[nH]2)cc(OC)c1OCC. The maximum Gasteiger partial charge on any atom is 0.164 e. The number of aromatic amines is 1. The van der Waals surface area contributed by atoms with Crippen molar-refractivity contribution >= 4 is 11.0 Å². The van der Waals surface area contributed by atoms with E-state index in [-0.39, 0.29) is 0 Å². The zero-order valence-electron chi connectivity index (χ0n) is 17.3. The molecule has 3 heterocycles.